The van der Waals surface area contributed by atoms with E-state index in [-0.39, 0.29) is 0 Å². The second kappa shape index (κ2) is 6.55. The van der Waals surface area contributed by atoms with Crippen molar-refractivity contribution in [3.63, 3.8) is 0 Å². The molecule has 2 rings (SSSR count). The van der Waals surface area contributed by atoms with Crippen LogP contribution in [0.1, 0.15) is 47.0 Å². The molecule has 0 bridgehead atoms. The largest absolute Gasteiger partial charge is 0.381 e. The van der Waals surface area contributed by atoms with Crippen molar-refractivity contribution in [2.45, 2.75) is 58.5 Å². The first-order valence-electron chi connectivity index (χ1n) is 8.09. The quantitative estimate of drug-likeness (QED) is 0.848. The number of nitrogens with one attached hydrogen (secondary N) is 1. The van der Waals surface area contributed by atoms with Crippen LogP contribution in [0.3, 0.4) is 0 Å². The fourth-order valence-corrected chi connectivity index (χ4v) is 3.27. The topological polar surface area (TPSA) is 24.5 Å². The van der Waals surface area contributed by atoms with Crippen LogP contribution in [-0.2, 0) is 4.74 Å². The average molecular weight is 268 g/mol. The Hall–Kier alpha value is -0.120. The van der Waals surface area contributed by atoms with Gasteiger partial charge in [-0.2, -0.15) is 0 Å². The van der Waals surface area contributed by atoms with Gasteiger partial charge in [-0.25, -0.2) is 0 Å². The van der Waals surface area contributed by atoms with Gasteiger partial charge >= 0.3 is 0 Å². The summed E-state index contributed by atoms with van der Waals surface area (Å²) in [5.41, 5.74) is 0.294. The van der Waals surface area contributed by atoms with Gasteiger partial charge in [0.1, 0.15) is 0 Å². The van der Waals surface area contributed by atoms with Crippen LogP contribution in [0.25, 0.3) is 0 Å². The van der Waals surface area contributed by atoms with E-state index < -0.39 is 0 Å². The molecule has 2 aliphatic rings. The lowest BCUT2D eigenvalue weighted by atomic mass is 9.89. The lowest BCUT2D eigenvalue weighted by Crippen LogP contribution is -2.64. The number of piperazine rings is 1. The van der Waals surface area contributed by atoms with Crippen molar-refractivity contribution < 1.29 is 4.74 Å². The van der Waals surface area contributed by atoms with Crippen molar-refractivity contribution in [1.82, 2.24) is 10.2 Å². The third-order valence-corrected chi connectivity index (χ3v) is 5.22. The first-order valence-corrected chi connectivity index (χ1v) is 8.09. The van der Waals surface area contributed by atoms with E-state index in [1.165, 1.54) is 32.4 Å². The van der Waals surface area contributed by atoms with E-state index in [1.54, 1.807) is 0 Å². The molecule has 2 saturated heterocycles. The monoisotopic (exact) mass is 268 g/mol. The van der Waals surface area contributed by atoms with Crippen LogP contribution >= 0.6 is 0 Å². The van der Waals surface area contributed by atoms with Crippen LogP contribution in [-0.4, -0.2) is 49.3 Å². The number of ether oxygens (including phenoxy) is 1. The minimum Gasteiger partial charge on any atom is -0.381 e. The van der Waals surface area contributed by atoms with Gasteiger partial charge in [-0.15, -0.1) is 0 Å². The van der Waals surface area contributed by atoms with E-state index in [9.17, 15) is 0 Å². The van der Waals surface area contributed by atoms with Crippen LogP contribution in [0, 0.1) is 11.8 Å². The average Bonchev–Trinajstić information content (AvgIpc) is 2.41. The van der Waals surface area contributed by atoms with Gasteiger partial charge in [0, 0.05) is 44.4 Å². The van der Waals surface area contributed by atoms with Gasteiger partial charge in [-0.1, -0.05) is 20.3 Å². The molecule has 2 aliphatic heterocycles. The van der Waals surface area contributed by atoms with E-state index >= 15 is 0 Å². The Morgan fingerprint density at radius 3 is 2.63 bits per heavy atom. The number of nitrogens with zero attached hydrogens (tertiary/aromatic N) is 1. The Balaban J connectivity index is 1.93. The predicted molar refractivity (Wildman–Crippen MR) is 80.4 cm³/mol. The first-order chi connectivity index (χ1) is 9.03. The number of hydrogen-bond donors (Lipinski definition) is 1. The van der Waals surface area contributed by atoms with Crippen molar-refractivity contribution in [2.75, 3.05) is 32.8 Å². The Kier molecular flexibility index (Phi) is 5.27. The molecular weight excluding hydrogens is 236 g/mol. The standard InChI is InChI=1S/C16H32N2O/c1-5-13(2)15-11-18(16(3,4)12-17-15)10-14-6-8-19-9-7-14/h13-15,17H,5-12H2,1-4H3. The third-order valence-electron chi connectivity index (χ3n) is 5.22. The van der Waals surface area contributed by atoms with Gasteiger partial charge in [0.15, 0.2) is 0 Å². The molecular formula is C16H32N2O. The maximum atomic E-state index is 5.49. The maximum absolute atomic E-state index is 5.49. The van der Waals surface area contributed by atoms with Gasteiger partial charge in [-0.3, -0.25) is 4.90 Å². The molecule has 0 aromatic carbocycles. The third kappa shape index (κ3) is 3.93. The Bertz CT molecular complexity index is 272. The summed E-state index contributed by atoms with van der Waals surface area (Å²) >= 11 is 0. The molecule has 0 saturated carbocycles. The minimum atomic E-state index is 0.294. The molecule has 0 aliphatic carbocycles. The van der Waals surface area contributed by atoms with Gasteiger partial charge in [0.2, 0.25) is 0 Å². The van der Waals surface area contributed by atoms with Gasteiger partial charge in [-0.05, 0) is 38.5 Å². The lowest BCUT2D eigenvalue weighted by molar-refractivity contribution is 0.00620. The first kappa shape index (κ1) is 15.3. The van der Waals surface area contributed by atoms with E-state index in [0.29, 0.717) is 11.6 Å². The SMILES string of the molecule is CCC(C)C1CN(CC2CCOCC2)C(C)(C)CN1. The smallest absolute Gasteiger partial charge is 0.0469 e. The predicted octanol–water partition coefficient (Wildman–Crippen LogP) is 2.51. The zero-order valence-corrected chi connectivity index (χ0v) is 13.2. The summed E-state index contributed by atoms with van der Waals surface area (Å²) in [6.45, 7) is 14.9. The summed E-state index contributed by atoms with van der Waals surface area (Å²) in [4.78, 5) is 2.73. The summed E-state index contributed by atoms with van der Waals surface area (Å²) in [5.74, 6) is 1.61. The lowest BCUT2D eigenvalue weighted by Gasteiger charge is -2.49. The minimum absolute atomic E-state index is 0.294. The molecule has 3 nitrogen and oxygen atoms in total. The normalized spacial score (nSPS) is 31.3. The molecule has 3 heteroatoms. The molecule has 0 aromatic heterocycles. The highest BCUT2D eigenvalue weighted by Gasteiger charge is 2.36. The zero-order valence-electron chi connectivity index (χ0n) is 13.2. The summed E-state index contributed by atoms with van der Waals surface area (Å²) in [6.07, 6.45) is 3.76. The van der Waals surface area contributed by atoms with Crippen LogP contribution in [0.4, 0.5) is 0 Å². The molecule has 2 heterocycles. The molecule has 112 valence electrons. The highest BCUT2D eigenvalue weighted by molar-refractivity contribution is 4.95. The van der Waals surface area contributed by atoms with Crippen molar-refractivity contribution in [3.8, 4) is 0 Å². The second-order valence-corrected chi connectivity index (χ2v) is 7.15. The van der Waals surface area contributed by atoms with Crippen LogP contribution in [0.2, 0.25) is 0 Å². The molecule has 2 fully saturated rings. The van der Waals surface area contributed by atoms with Crippen molar-refractivity contribution >= 4 is 0 Å². The van der Waals surface area contributed by atoms with Gasteiger partial charge in [0.25, 0.3) is 0 Å². The molecule has 0 aromatic rings. The maximum Gasteiger partial charge on any atom is 0.0469 e. The summed E-state index contributed by atoms with van der Waals surface area (Å²) < 4.78 is 5.49. The molecule has 1 N–H and O–H groups in total. The molecule has 0 amide bonds. The fourth-order valence-electron chi connectivity index (χ4n) is 3.27. The van der Waals surface area contributed by atoms with E-state index in [0.717, 1.165) is 31.6 Å². The summed E-state index contributed by atoms with van der Waals surface area (Å²) in [6, 6.07) is 0.665. The molecule has 0 spiro atoms. The summed E-state index contributed by atoms with van der Waals surface area (Å²) in [5, 5.41) is 3.76. The fraction of sp³-hybridized carbons (Fsp3) is 1.00. The van der Waals surface area contributed by atoms with Crippen molar-refractivity contribution in [1.29, 1.82) is 0 Å². The van der Waals surface area contributed by atoms with Crippen LogP contribution in [0.5, 0.6) is 0 Å². The highest BCUT2D eigenvalue weighted by atomic mass is 16.5. The van der Waals surface area contributed by atoms with E-state index in [2.05, 4.69) is 37.9 Å². The zero-order chi connectivity index (χ0) is 13.9. The van der Waals surface area contributed by atoms with E-state index in [1.807, 2.05) is 0 Å². The number of hydrogen-bond acceptors (Lipinski definition) is 3. The highest BCUT2D eigenvalue weighted by Crippen LogP contribution is 2.26. The van der Waals surface area contributed by atoms with Crippen molar-refractivity contribution in [3.05, 3.63) is 0 Å². The Morgan fingerprint density at radius 2 is 2.00 bits per heavy atom. The Morgan fingerprint density at radius 1 is 1.32 bits per heavy atom. The summed E-state index contributed by atoms with van der Waals surface area (Å²) in [7, 11) is 0. The van der Waals surface area contributed by atoms with Crippen molar-refractivity contribution in [2.24, 2.45) is 11.8 Å². The van der Waals surface area contributed by atoms with Gasteiger partial charge in [0.05, 0.1) is 0 Å². The van der Waals surface area contributed by atoms with Gasteiger partial charge < -0.3 is 10.1 Å². The molecule has 19 heavy (non-hydrogen) atoms. The molecule has 2 unspecified atom stereocenters. The Labute approximate surface area is 119 Å². The molecule has 2 atom stereocenters. The van der Waals surface area contributed by atoms with E-state index in [4.69, 9.17) is 4.74 Å². The molecule has 0 radical (unpaired) electrons. The second-order valence-electron chi connectivity index (χ2n) is 7.15. The van der Waals surface area contributed by atoms with Crippen LogP contribution < -0.4 is 5.32 Å². The number of rotatable bonds is 4. The van der Waals surface area contributed by atoms with Crippen LogP contribution in [0.15, 0.2) is 0 Å².